The van der Waals surface area contributed by atoms with Gasteiger partial charge in [-0.25, -0.2) is 0 Å². The van der Waals surface area contributed by atoms with Crippen LogP contribution in [-0.2, 0) is 16.1 Å². The van der Waals surface area contributed by atoms with E-state index in [1.807, 2.05) is 24.3 Å². The fraction of sp³-hybridized carbons (Fsp3) is 0.667. The Bertz CT molecular complexity index is 1150. The Morgan fingerprint density at radius 2 is 1.95 bits per heavy atom. The van der Waals surface area contributed by atoms with Gasteiger partial charge in [0.25, 0.3) is 0 Å². The van der Waals surface area contributed by atoms with Crippen molar-refractivity contribution in [1.82, 2.24) is 25.3 Å². The molecule has 5 atom stereocenters. The Labute approximate surface area is 236 Å². The van der Waals surface area contributed by atoms with Crippen molar-refractivity contribution in [1.29, 1.82) is 0 Å². The number of amides is 2. The minimum absolute atomic E-state index is 0.142. The Hall–Kier alpha value is -2.45. The van der Waals surface area contributed by atoms with Gasteiger partial charge in [0.2, 0.25) is 23.5 Å². The maximum absolute atomic E-state index is 13.6. The van der Waals surface area contributed by atoms with Gasteiger partial charge >= 0.3 is 0 Å². The van der Waals surface area contributed by atoms with Crippen LogP contribution in [0.15, 0.2) is 28.8 Å². The van der Waals surface area contributed by atoms with E-state index in [4.69, 9.17) is 16.1 Å². The van der Waals surface area contributed by atoms with Crippen LogP contribution in [0.4, 0.5) is 0 Å². The summed E-state index contributed by atoms with van der Waals surface area (Å²) in [4.78, 5) is 35.6. The highest BCUT2D eigenvalue weighted by molar-refractivity contribution is 6.33. The molecule has 0 saturated carbocycles. The molecule has 3 fully saturated rings. The molecule has 9 heteroatoms. The molecule has 2 bridgehead atoms. The van der Waals surface area contributed by atoms with Crippen LogP contribution < -0.4 is 5.32 Å². The van der Waals surface area contributed by atoms with Gasteiger partial charge in [0.15, 0.2) is 0 Å². The highest BCUT2D eigenvalue weighted by Gasteiger charge is 2.43. The molecule has 0 radical (unpaired) electrons. The summed E-state index contributed by atoms with van der Waals surface area (Å²) in [5, 5.41) is 8.05. The number of halogens is 1. The SMILES string of the molecule is CC(C)[C@@H]1CC[C@@H](C)CC(=O)N2C[C@H]3C[C@@H](CN(Cc4nc(-c5ccccc5Cl)no4)C3)[C@@H]2CCCC(=O)N1. The molecule has 3 saturated heterocycles. The number of rotatable bonds is 4. The summed E-state index contributed by atoms with van der Waals surface area (Å²) in [6.45, 7) is 9.67. The van der Waals surface area contributed by atoms with Crippen molar-refractivity contribution < 1.29 is 14.1 Å². The molecule has 5 rings (SSSR count). The first kappa shape index (κ1) is 28.1. The van der Waals surface area contributed by atoms with Crippen LogP contribution >= 0.6 is 11.6 Å². The Kier molecular flexibility index (Phi) is 8.92. The van der Waals surface area contributed by atoms with E-state index in [0.717, 1.165) is 57.3 Å². The lowest BCUT2D eigenvalue weighted by Gasteiger charge is -2.51. The number of carbonyl (C=O) groups excluding carboxylic acids is 2. The molecule has 2 aromatic rings. The Morgan fingerprint density at radius 1 is 1.13 bits per heavy atom. The Morgan fingerprint density at radius 3 is 2.74 bits per heavy atom. The zero-order chi connectivity index (χ0) is 27.5. The van der Waals surface area contributed by atoms with Crippen LogP contribution in [0.5, 0.6) is 0 Å². The lowest BCUT2D eigenvalue weighted by molar-refractivity contribution is -0.142. The average molecular weight is 556 g/mol. The number of hydrogen-bond donors (Lipinski definition) is 1. The van der Waals surface area contributed by atoms with E-state index in [9.17, 15) is 9.59 Å². The summed E-state index contributed by atoms with van der Waals surface area (Å²) in [6.07, 6.45) is 5.77. The predicted octanol–water partition coefficient (Wildman–Crippen LogP) is 5.17. The third-order valence-corrected chi connectivity index (χ3v) is 9.18. The molecule has 3 aliphatic rings. The minimum atomic E-state index is 0.142. The molecule has 39 heavy (non-hydrogen) atoms. The molecule has 1 aromatic carbocycles. The molecular weight excluding hydrogens is 514 g/mol. The van der Waals surface area contributed by atoms with Gasteiger partial charge in [-0.1, -0.05) is 49.7 Å². The van der Waals surface area contributed by atoms with Crippen molar-refractivity contribution in [2.24, 2.45) is 23.7 Å². The molecule has 8 nitrogen and oxygen atoms in total. The monoisotopic (exact) mass is 555 g/mol. The van der Waals surface area contributed by atoms with Crippen LogP contribution in [0.3, 0.4) is 0 Å². The minimum Gasteiger partial charge on any atom is -0.353 e. The molecule has 0 unspecified atom stereocenters. The smallest absolute Gasteiger partial charge is 0.241 e. The number of nitrogens with zero attached hydrogens (tertiary/aromatic N) is 4. The topological polar surface area (TPSA) is 91.6 Å². The molecule has 1 aromatic heterocycles. The number of piperidine rings is 2. The van der Waals surface area contributed by atoms with E-state index in [-0.39, 0.29) is 23.9 Å². The fourth-order valence-corrected chi connectivity index (χ4v) is 7.02. The third-order valence-electron chi connectivity index (χ3n) is 8.86. The predicted molar refractivity (Wildman–Crippen MR) is 151 cm³/mol. The normalized spacial score (nSPS) is 29.3. The van der Waals surface area contributed by atoms with Gasteiger partial charge in [0, 0.05) is 50.1 Å². The summed E-state index contributed by atoms with van der Waals surface area (Å²) in [7, 11) is 0. The number of nitrogens with one attached hydrogen (secondary N) is 1. The van der Waals surface area contributed by atoms with Crippen molar-refractivity contribution in [3.05, 3.63) is 35.2 Å². The highest BCUT2D eigenvalue weighted by atomic mass is 35.5. The number of carbonyl (C=O) groups is 2. The zero-order valence-electron chi connectivity index (χ0n) is 23.4. The van der Waals surface area contributed by atoms with Gasteiger partial charge in [0.1, 0.15) is 0 Å². The van der Waals surface area contributed by atoms with E-state index in [1.165, 1.54) is 0 Å². The van der Waals surface area contributed by atoms with E-state index in [1.54, 1.807) is 0 Å². The van der Waals surface area contributed by atoms with Gasteiger partial charge in [-0.05, 0) is 67.9 Å². The van der Waals surface area contributed by atoms with Crippen molar-refractivity contribution >= 4 is 23.4 Å². The molecule has 4 heterocycles. The summed E-state index contributed by atoms with van der Waals surface area (Å²) in [5.41, 5.74) is 0.765. The van der Waals surface area contributed by atoms with Crippen LogP contribution in [-0.4, -0.2) is 63.5 Å². The van der Waals surface area contributed by atoms with Gasteiger partial charge in [-0.3, -0.25) is 14.5 Å². The molecule has 3 aliphatic heterocycles. The summed E-state index contributed by atoms with van der Waals surface area (Å²) >= 11 is 6.33. The maximum atomic E-state index is 13.6. The first-order valence-corrected chi connectivity index (χ1v) is 15.0. The number of likely N-dealkylation sites (tertiary alicyclic amines) is 1. The number of aromatic nitrogens is 2. The lowest BCUT2D eigenvalue weighted by Crippen LogP contribution is -2.59. The van der Waals surface area contributed by atoms with Crippen LogP contribution in [0.2, 0.25) is 5.02 Å². The van der Waals surface area contributed by atoms with E-state index in [2.05, 4.69) is 46.0 Å². The fourth-order valence-electron chi connectivity index (χ4n) is 6.80. The number of benzene rings is 1. The molecule has 2 amide bonds. The first-order valence-electron chi connectivity index (χ1n) is 14.7. The first-order chi connectivity index (χ1) is 18.8. The van der Waals surface area contributed by atoms with Crippen molar-refractivity contribution in [3.8, 4) is 11.4 Å². The maximum Gasteiger partial charge on any atom is 0.241 e. The second kappa shape index (κ2) is 12.4. The van der Waals surface area contributed by atoms with Gasteiger partial charge in [-0.2, -0.15) is 4.98 Å². The molecule has 0 spiro atoms. The number of hydrogen-bond acceptors (Lipinski definition) is 6. The molecular formula is C30H42ClN5O3. The van der Waals surface area contributed by atoms with Gasteiger partial charge in [-0.15, -0.1) is 0 Å². The van der Waals surface area contributed by atoms with Gasteiger partial charge in [0.05, 0.1) is 11.6 Å². The van der Waals surface area contributed by atoms with Crippen molar-refractivity contribution in [3.63, 3.8) is 0 Å². The average Bonchev–Trinajstić information content (AvgIpc) is 3.35. The van der Waals surface area contributed by atoms with Crippen LogP contribution in [0, 0.1) is 23.7 Å². The second-order valence-electron chi connectivity index (χ2n) is 12.4. The van der Waals surface area contributed by atoms with E-state index >= 15 is 0 Å². The zero-order valence-corrected chi connectivity index (χ0v) is 24.2. The number of fused-ring (bicyclic) bond motifs is 4. The summed E-state index contributed by atoms with van der Waals surface area (Å²) in [6, 6.07) is 7.85. The van der Waals surface area contributed by atoms with Crippen LogP contribution in [0.1, 0.15) is 71.6 Å². The largest absolute Gasteiger partial charge is 0.353 e. The summed E-state index contributed by atoms with van der Waals surface area (Å²) < 4.78 is 5.61. The Balaban J connectivity index is 1.27. The summed E-state index contributed by atoms with van der Waals surface area (Å²) in [5.74, 6) is 3.01. The van der Waals surface area contributed by atoms with Gasteiger partial charge < -0.3 is 14.7 Å². The van der Waals surface area contributed by atoms with E-state index < -0.39 is 0 Å². The molecule has 212 valence electrons. The van der Waals surface area contributed by atoms with Crippen LogP contribution in [0.25, 0.3) is 11.4 Å². The highest BCUT2D eigenvalue weighted by Crippen LogP contribution is 2.37. The second-order valence-corrected chi connectivity index (χ2v) is 12.8. The lowest BCUT2D eigenvalue weighted by atomic mass is 9.77. The molecule has 0 aliphatic carbocycles. The quantitative estimate of drug-likeness (QED) is 0.559. The van der Waals surface area contributed by atoms with Crippen molar-refractivity contribution in [2.45, 2.75) is 84.3 Å². The van der Waals surface area contributed by atoms with Crippen molar-refractivity contribution in [2.75, 3.05) is 19.6 Å². The molecule has 1 N–H and O–H groups in total. The van der Waals surface area contributed by atoms with E-state index in [0.29, 0.717) is 59.8 Å². The third kappa shape index (κ3) is 6.83. The standard InChI is InChI=1S/C30H42ClN5O3/c1-19(2)25-12-11-20(3)13-29(38)36-16-21-14-22(26(36)9-6-10-27(37)32-25)17-35(15-21)18-28-33-30(34-39-28)23-7-4-5-8-24(23)31/h4-5,7-8,19-22,25-26H,6,9-18H2,1-3H3,(H,32,37)/t20-,21+,22+,25+,26+/m1/s1.